The summed E-state index contributed by atoms with van der Waals surface area (Å²) in [6.45, 7) is 6.97. The largest absolute Gasteiger partial charge is 0.337 e. The minimum Gasteiger partial charge on any atom is -0.337 e. The zero-order chi connectivity index (χ0) is 22.9. The summed E-state index contributed by atoms with van der Waals surface area (Å²) < 4.78 is 2.04. The van der Waals surface area contributed by atoms with Crippen LogP contribution in [-0.4, -0.2) is 61.6 Å². The fraction of sp³-hybridized carbons (Fsp3) is 0.304. The molecule has 1 amide bonds. The molecule has 0 atom stereocenters. The van der Waals surface area contributed by atoms with Crippen molar-refractivity contribution in [2.45, 2.75) is 20.3 Å². The summed E-state index contributed by atoms with van der Waals surface area (Å²) in [5.41, 5.74) is 5.71. The number of imidazole rings is 1. The lowest BCUT2D eigenvalue weighted by Gasteiger charge is -2.27. The molecule has 9 nitrogen and oxygen atoms in total. The van der Waals surface area contributed by atoms with Gasteiger partial charge in [0.2, 0.25) is 0 Å². The number of piperazine rings is 1. The van der Waals surface area contributed by atoms with Crippen molar-refractivity contribution in [3.63, 3.8) is 0 Å². The van der Waals surface area contributed by atoms with E-state index in [1.54, 1.807) is 18.3 Å². The number of aromatic nitrogens is 5. The minimum absolute atomic E-state index is 0.0466. The number of anilines is 2. The van der Waals surface area contributed by atoms with Gasteiger partial charge in [-0.1, -0.05) is 18.5 Å². The van der Waals surface area contributed by atoms with Crippen molar-refractivity contribution in [2.24, 2.45) is 0 Å². The third-order valence-corrected chi connectivity index (χ3v) is 6.08. The predicted octanol–water partition coefficient (Wildman–Crippen LogP) is 3.43. The van der Waals surface area contributed by atoms with Crippen LogP contribution in [0.2, 0.25) is 5.02 Å². The van der Waals surface area contributed by atoms with Gasteiger partial charge in [-0.05, 0) is 31.5 Å². The van der Waals surface area contributed by atoms with E-state index in [1.165, 1.54) is 0 Å². The van der Waals surface area contributed by atoms with Gasteiger partial charge >= 0.3 is 0 Å². The van der Waals surface area contributed by atoms with E-state index in [9.17, 15) is 4.79 Å². The van der Waals surface area contributed by atoms with E-state index in [2.05, 4.69) is 32.7 Å². The molecule has 170 valence electrons. The molecule has 0 saturated carbocycles. The first-order valence-electron chi connectivity index (χ1n) is 11.0. The Morgan fingerprint density at radius 3 is 2.76 bits per heavy atom. The van der Waals surface area contributed by atoms with E-state index < -0.39 is 0 Å². The number of amides is 1. The van der Waals surface area contributed by atoms with Crippen LogP contribution in [-0.2, 0) is 6.42 Å². The normalized spacial score (nSPS) is 14.1. The van der Waals surface area contributed by atoms with Crippen LogP contribution in [0.15, 0.2) is 36.8 Å². The van der Waals surface area contributed by atoms with Crippen LogP contribution in [0.1, 0.15) is 28.7 Å². The number of rotatable bonds is 5. The molecule has 4 aromatic rings. The zero-order valence-electron chi connectivity index (χ0n) is 18.5. The van der Waals surface area contributed by atoms with Gasteiger partial charge in [-0.25, -0.2) is 9.97 Å². The van der Waals surface area contributed by atoms with E-state index in [4.69, 9.17) is 16.6 Å². The Bertz CT molecular complexity index is 1310. The average molecular weight is 465 g/mol. The van der Waals surface area contributed by atoms with Gasteiger partial charge in [0.25, 0.3) is 5.91 Å². The van der Waals surface area contributed by atoms with Gasteiger partial charge in [-0.15, -0.1) is 0 Å². The summed E-state index contributed by atoms with van der Waals surface area (Å²) in [6.07, 6.45) is 6.39. The third-order valence-electron chi connectivity index (χ3n) is 5.77. The first-order valence-corrected chi connectivity index (χ1v) is 11.4. The van der Waals surface area contributed by atoms with Crippen LogP contribution in [0, 0.1) is 6.92 Å². The molecule has 5 rings (SSSR count). The monoisotopic (exact) mass is 464 g/mol. The second-order valence-electron chi connectivity index (χ2n) is 8.03. The number of benzene rings is 1. The third kappa shape index (κ3) is 4.05. The molecule has 0 aliphatic carbocycles. The van der Waals surface area contributed by atoms with Crippen LogP contribution < -0.4 is 10.6 Å². The Kier molecular flexibility index (Phi) is 5.74. The van der Waals surface area contributed by atoms with Crippen molar-refractivity contribution < 1.29 is 4.79 Å². The van der Waals surface area contributed by atoms with E-state index >= 15 is 0 Å². The molecule has 4 heterocycles. The maximum Gasteiger partial charge on any atom is 0.255 e. The lowest BCUT2D eigenvalue weighted by atomic mass is 10.1. The second kappa shape index (κ2) is 8.84. The highest BCUT2D eigenvalue weighted by molar-refractivity contribution is 6.34. The highest BCUT2D eigenvalue weighted by Gasteiger charge is 2.21. The molecular formula is C23H25ClN8O. The molecule has 1 aliphatic rings. The maximum atomic E-state index is 12.9. The van der Waals surface area contributed by atoms with E-state index in [-0.39, 0.29) is 5.91 Å². The van der Waals surface area contributed by atoms with Gasteiger partial charge in [-0.2, -0.15) is 5.10 Å². The van der Waals surface area contributed by atoms with Gasteiger partial charge in [0, 0.05) is 49.8 Å². The Morgan fingerprint density at radius 2 is 2.06 bits per heavy atom. The van der Waals surface area contributed by atoms with Crippen LogP contribution in [0.25, 0.3) is 16.9 Å². The number of fused-ring (bicyclic) bond motifs is 1. The summed E-state index contributed by atoms with van der Waals surface area (Å²) >= 11 is 6.52. The molecule has 3 aromatic heterocycles. The Balaban J connectivity index is 1.49. The van der Waals surface area contributed by atoms with Crippen molar-refractivity contribution in [1.82, 2.24) is 34.8 Å². The van der Waals surface area contributed by atoms with Crippen LogP contribution in [0.3, 0.4) is 0 Å². The van der Waals surface area contributed by atoms with Crippen molar-refractivity contribution in [2.75, 3.05) is 31.5 Å². The van der Waals surface area contributed by atoms with Gasteiger partial charge < -0.3 is 15.5 Å². The van der Waals surface area contributed by atoms with E-state index in [0.717, 1.165) is 47.8 Å². The summed E-state index contributed by atoms with van der Waals surface area (Å²) in [5, 5.41) is 14.0. The van der Waals surface area contributed by atoms with Crippen LogP contribution >= 0.6 is 11.6 Å². The second-order valence-corrected chi connectivity index (χ2v) is 8.44. The maximum absolute atomic E-state index is 12.9. The number of carbonyl (C=O) groups excluding carboxylic acids is 1. The predicted molar refractivity (Wildman–Crippen MR) is 128 cm³/mol. The fourth-order valence-corrected chi connectivity index (χ4v) is 4.43. The molecule has 0 bridgehead atoms. The van der Waals surface area contributed by atoms with Crippen molar-refractivity contribution in [3.05, 3.63) is 58.8 Å². The summed E-state index contributed by atoms with van der Waals surface area (Å²) in [6, 6.07) is 5.38. The summed E-state index contributed by atoms with van der Waals surface area (Å²) in [4.78, 5) is 24.2. The number of H-pyrrole nitrogens is 1. The number of aryl methyl sites for hydroxylation is 2. The lowest BCUT2D eigenvalue weighted by Crippen LogP contribution is -2.46. The average Bonchev–Trinajstić information content (AvgIpc) is 3.47. The number of aromatic amines is 1. The van der Waals surface area contributed by atoms with E-state index in [0.29, 0.717) is 35.1 Å². The van der Waals surface area contributed by atoms with Crippen molar-refractivity contribution >= 4 is 34.7 Å². The molecule has 33 heavy (non-hydrogen) atoms. The van der Waals surface area contributed by atoms with E-state index in [1.807, 2.05) is 34.7 Å². The molecule has 10 heteroatoms. The SMILES string of the molecule is CCc1nc2c(Nc3ccc(C(=O)N4CCNCC4)c(Cl)c3)nc(C)cn2c1-c1cn[nH]c1. The number of nitrogens with one attached hydrogen (secondary N) is 3. The Hall–Kier alpha value is -3.43. The minimum atomic E-state index is -0.0466. The fourth-order valence-electron chi connectivity index (χ4n) is 4.17. The summed E-state index contributed by atoms with van der Waals surface area (Å²) in [5.74, 6) is 0.575. The molecule has 0 radical (unpaired) electrons. The number of hydrogen-bond acceptors (Lipinski definition) is 6. The number of halogens is 1. The zero-order valence-corrected chi connectivity index (χ0v) is 19.3. The number of nitrogens with zero attached hydrogens (tertiary/aromatic N) is 5. The van der Waals surface area contributed by atoms with Crippen LogP contribution in [0.4, 0.5) is 11.5 Å². The molecule has 0 spiro atoms. The number of carbonyl (C=O) groups is 1. The van der Waals surface area contributed by atoms with Crippen LogP contribution in [0.5, 0.6) is 0 Å². The van der Waals surface area contributed by atoms with Gasteiger partial charge in [-0.3, -0.25) is 14.3 Å². The number of hydrogen-bond donors (Lipinski definition) is 3. The Morgan fingerprint density at radius 1 is 1.24 bits per heavy atom. The lowest BCUT2D eigenvalue weighted by molar-refractivity contribution is 0.0736. The summed E-state index contributed by atoms with van der Waals surface area (Å²) in [7, 11) is 0. The smallest absolute Gasteiger partial charge is 0.255 e. The highest BCUT2D eigenvalue weighted by atomic mass is 35.5. The highest BCUT2D eigenvalue weighted by Crippen LogP contribution is 2.30. The topological polar surface area (TPSA) is 103 Å². The van der Waals surface area contributed by atoms with Crippen molar-refractivity contribution in [1.29, 1.82) is 0 Å². The van der Waals surface area contributed by atoms with Gasteiger partial charge in [0.1, 0.15) is 0 Å². The quantitative estimate of drug-likeness (QED) is 0.418. The first-order chi connectivity index (χ1) is 16.0. The van der Waals surface area contributed by atoms with Crippen molar-refractivity contribution in [3.8, 4) is 11.3 Å². The Labute approximate surface area is 196 Å². The van der Waals surface area contributed by atoms with Gasteiger partial charge in [0.15, 0.2) is 11.5 Å². The molecule has 1 aliphatic heterocycles. The standard InChI is InChI=1S/C23H25ClN8O/c1-3-19-20(15-11-26-27-12-15)32-13-14(2)28-21(22(32)30-19)29-16-4-5-17(18(24)10-16)23(33)31-8-6-25-7-9-31/h4-5,10-13,25H,3,6-9H2,1-2H3,(H,26,27)(H,28,29). The molecule has 1 aromatic carbocycles. The molecule has 3 N–H and O–H groups in total. The van der Waals surface area contributed by atoms with Gasteiger partial charge in [0.05, 0.1) is 33.9 Å². The molecule has 1 fully saturated rings. The first kappa shape index (κ1) is 21.4. The molecular weight excluding hydrogens is 440 g/mol. The molecule has 0 unspecified atom stereocenters. The molecule has 1 saturated heterocycles.